The van der Waals surface area contributed by atoms with Gasteiger partial charge in [-0.25, -0.2) is 14.7 Å². The Balaban J connectivity index is 1.46. The number of carboxylic acids is 1. The molecule has 1 aromatic heterocycles. The number of nitrogens with one attached hydrogen (secondary N) is 1. The number of carbonyl (C=O) groups excluding carboxylic acids is 2. The molecule has 0 fully saturated rings. The van der Waals surface area contributed by atoms with Gasteiger partial charge in [0.15, 0.2) is 5.58 Å². The molecular formula is C31H22ClN3O5. The van der Waals surface area contributed by atoms with Crippen molar-refractivity contribution in [1.29, 1.82) is 0 Å². The summed E-state index contributed by atoms with van der Waals surface area (Å²) in [4.78, 5) is 43.9. The molecule has 8 nitrogen and oxygen atoms in total. The van der Waals surface area contributed by atoms with Crippen molar-refractivity contribution in [2.45, 2.75) is 13.3 Å². The highest BCUT2D eigenvalue weighted by atomic mass is 35.5. The molecule has 5 aromatic rings. The number of carboxylic acid groups (broad SMARTS) is 1. The van der Waals surface area contributed by atoms with Crippen molar-refractivity contribution < 1.29 is 23.9 Å². The van der Waals surface area contributed by atoms with E-state index < -0.39 is 17.8 Å². The van der Waals surface area contributed by atoms with E-state index in [1.54, 1.807) is 24.3 Å². The summed E-state index contributed by atoms with van der Waals surface area (Å²) in [6.07, 6.45) is 0.873. The smallest absolute Gasteiger partial charge is 0.335 e. The van der Waals surface area contributed by atoms with Gasteiger partial charge in [-0.3, -0.25) is 9.59 Å². The van der Waals surface area contributed by atoms with Crippen LogP contribution in [0.2, 0.25) is 5.02 Å². The molecule has 0 atom stereocenters. The number of para-hydroxylation sites is 1. The molecule has 6 rings (SSSR count). The Morgan fingerprint density at radius 1 is 0.925 bits per heavy atom. The van der Waals surface area contributed by atoms with Crippen molar-refractivity contribution in [3.63, 3.8) is 0 Å². The molecule has 2 N–H and O–H groups in total. The zero-order valence-corrected chi connectivity index (χ0v) is 22.0. The monoisotopic (exact) mass is 551 g/mol. The number of oxazole rings is 1. The molecule has 1 aliphatic heterocycles. The fourth-order valence-electron chi connectivity index (χ4n) is 4.82. The van der Waals surface area contributed by atoms with Crippen LogP contribution >= 0.6 is 11.6 Å². The molecule has 0 aliphatic carbocycles. The van der Waals surface area contributed by atoms with Crippen molar-refractivity contribution in [1.82, 2.24) is 4.98 Å². The summed E-state index contributed by atoms with van der Waals surface area (Å²) >= 11 is 6.24. The molecule has 4 aromatic carbocycles. The highest BCUT2D eigenvalue weighted by Gasteiger charge is 2.37. The summed E-state index contributed by atoms with van der Waals surface area (Å²) in [6, 6.07) is 22.2. The van der Waals surface area contributed by atoms with Gasteiger partial charge in [-0.15, -0.1) is 0 Å². The van der Waals surface area contributed by atoms with Crippen molar-refractivity contribution in [2.24, 2.45) is 0 Å². The lowest BCUT2D eigenvalue weighted by atomic mass is 10.0. The molecule has 2 heterocycles. The van der Waals surface area contributed by atoms with Crippen LogP contribution in [0.15, 0.2) is 83.3 Å². The van der Waals surface area contributed by atoms with E-state index in [0.29, 0.717) is 39.8 Å². The van der Waals surface area contributed by atoms with Gasteiger partial charge in [-0.1, -0.05) is 42.8 Å². The number of nitrogens with zero attached hydrogens (tertiary/aromatic N) is 2. The minimum Gasteiger partial charge on any atom is -0.478 e. The van der Waals surface area contributed by atoms with Gasteiger partial charge in [-0.2, -0.15) is 0 Å². The standard InChI is InChI=1S/C31H22ClN3O5/c1-2-13-33-25-12-10-20(35-29(36)22-11-9-18(31(38)39)15-23(22)30(35)37)16-24(25)28-34-27-21(7-4-8-26(27)40-28)17-5-3-6-19(32)14-17/h3-12,14-16,33H,2,13H2,1H3,(H,38,39). The molecule has 0 radical (unpaired) electrons. The van der Waals surface area contributed by atoms with E-state index in [1.165, 1.54) is 18.2 Å². The van der Waals surface area contributed by atoms with Crippen LogP contribution in [0, 0.1) is 0 Å². The highest BCUT2D eigenvalue weighted by molar-refractivity contribution is 6.35. The van der Waals surface area contributed by atoms with Crippen LogP contribution in [0.4, 0.5) is 11.4 Å². The average molecular weight is 552 g/mol. The van der Waals surface area contributed by atoms with E-state index in [0.717, 1.165) is 28.1 Å². The number of rotatable bonds is 7. The zero-order chi connectivity index (χ0) is 28.0. The Morgan fingerprint density at radius 2 is 1.73 bits per heavy atom. The minimum atomic E-state index is -1.18. The Hall–Kier alpha value is -4.95. The topological polar surface area (TPSA) is 113 Å². The van der Waals surface area contributed by atoms with E-state index in [9.17, 15) is 19.5 Å². The predicted octanol–water partition coefficient (Wildman–Crippen LogP) is 7.14. The summed E-state index contributed by atoms with van der Waals surface area (Å²) < 4.78 is 6.20. The van der Waals surface area contributed by atoms with Crippen molar-refractivity contribution >= 4 is 51.9 Å². The number of amides is 2. The number of aromatic nitrogens is 1. The van der Waals surface area contributed by atoms with Gasteiger partial charge in [0.2, 0.25) is 5.89 Å². The molecule has 2 amide bonds. The van der Waals surface area contributed by atoms with E-state index >= 15 is 0 Å². The molecule has 40 heavy (non-hydrogen) atoms. The molecule has 0 saturated heterocycles. The minimum absolute atomic E-state index is 0.0488. The zero-order valence-electron chi connectivity index (χ0n) is 21.3. The number of hydrogen-bond donors (Lipinski definition) is 2. The SMILES string of the molecule is CCCNc1ccc(N2C(=O)c3ccc(C(=O)O)cc3C2=O)cc1-c1nc2c(-c3cccc(Cl)c3)cccc2o1. The summed E-state index contributed by atoms with van der Waals surface area (Å²) in [5.74, 6) is -1.99. The second-order valence-electron chi connectivity index (χ2n) is 9.35. The first-order chi connectivity index (χ1) is 19.4. The predicted molar refractivity (Wildman–Crippen MR) is 153 cm³/mol. The van der Waals surface area contributed by atoms with E-state index in [-0.39, 0.29) is 16.7 Å². The van der Waals surface area contributed by atoms with Crippen LogP contribution in [-0.4, -0.2) is 34.4 Å². The Bertz CT molecular complexity index is 1840. The molecule has 1 aliphatic rings. The summed E-state index contributed by atoms with van der Waals surface area (Å²) in [6.45, 7) is 2.73. The van der Waals surface area contributed by atoms with E-state index in [2.05, 4.69) is 5.32 Å². The summed E-state index contributed by atoms with van der Waals surface area (Å²) in [7, 11) is 0. The number of carbonyl (C=O) groups is 3. The third-order valence-electron chi connectivity index (χ3n) is 6.75. The van der Waals surface area contributed by atoms with Crippen molar-refractivity contribution in [3.8, 4) is 22.6 Å². The first kappa shape index (κ1) is 25.3. The number of anilines is 2. The first-order valence-electron chi connectivity index (χ1n) is 12.7. The number of benzene rings is 4. The van der Waals surface area contributed by atoms with Gasteiger partial charge in [0.05, 0.1) is 27.9 Å². The Morgan fingerprint density at radius 3 is 2.50 bits per heavy atom. The maximum Gasteiger partial charge on any atom is 0.335 e. The number of imide groups is 1. The quantitative estimate of drug-likeness (QED) is 0.207. The summed E-state index contributed by atoms with van der Waals surface area (Å²) in [5.41, 5.74) is 4.71. The lowest BCUT2D eigenvalue weighted by Gasteiger charge is -2.17. The molecule has 0 unspecified atom stereocenters. The van der Waals surface area contributed by atoms with Gasteiger partial charge < -0.3 is 14.8 Å². The van der Waals surface area contributed by atoms with Gasteiger partial charge in [0, 0.05) is 22.8 Å². The van der Waals surface area contributed by atoms with Crippen LogP contribution < -0.4 is 10.2 Å². The van der Waals surface area contributed by atoms with E-state index in [1.807, 2.05) is 43.3 Å². The molecular weight excluding hydrogens is 530 g/mol. The second kappa shape index (κ2) is 9.98. The third kappa shape index (κ3) is 4.28. The van der Waals surface area contributed by atoms with Gasteiger partial charge in [-0.05, 0) is 66.6 Å². The lowest BCUT2D eigenvalue weighted by molar-refractivity contribution is 0.0696. The highest BCUT2D eigenvalue weighted by Crippen LogP contribution is 2.38. The Labute approximate surface area is 233 Å². The lowest BCUT2D eigenvalue weighted by Crippen LogP contribution is -2.29. The largest absolute Gasteiger partial charge is 0.478 e. The number of aromatic carboxylic acids is 1. The maximum absolute atomic E-state index is 13.3. The average Bonchev–Trinajstić information content (AvgIpc) is 3.50. The van der Waals surface area contributed by atoms with Crippen molar-refractivity contribution in [3.05, 3.63) is 101 Å². The first-order valence-corrected chi connectivity index (χ1v) is 13.0. The van der Waals surface area contributed by atoms with Gasteiger partial charge >= 0.3 is 5.97 Å². The molecule has 0 spiro atoms. The molecule has 198 valence electrons. The second-order valence-corrected chi connectivity index (χ2v) is 9.79. The van der Waals surface area contributed by atoms with Crippen LogP contribution in [0.25, 0.3) is 33.7 Å². The maximum atomic E-state index is 13.3. The molecule has 9 heteroatoms. The van der Waals surface area contributed by atoms with Crippen LogP contribution in [0.1, 0.15) is 44.4 Å². The van der Waals surface area contributed by atoms with Crippen molar-refractivity contribution in [2.75, 3.05) is 16.8 Å². The number of hydrogen-bond acceptors (Lipinski definition) is 6. The summed E-state index contributed by atoms with van der Waals surface area (Å²) in [5, 5.41) is 13.3. The van der Waals surface area contributed by atoms with Crippen LogP contribution in [0.3, 0.4) is 0 Å². The van der Waals surface area contributed by atoms with Gasteiger partial charge in [0.1, 0.15) is 5.52 Å². The normalized spacial score (nSPS) is 12.7. The molecule has 0 bridgehead atoms. The Kier molecular flexibility index (Phi) is 6.32. The van der Waals surface area contributed by atoms with Gasteiger partial charge in [0.25, 0.3) is 11.8 Å². The van der Waals surface area contributed by atoms with Crippen LogP contribution in [0.5, 0.6) is 0 Å². The molecule has 0 saturated carbocycles. The number of halogens is 1. The number of fused-ring (bicyclic) bond motifs is 2. The fraction of sp³-hybridized carbons (Fsp3) is 0.0968. The van der Waals surface area contributed by atoms with Crippen LogP contribution in [-0.2, 0) is 0 Å². The fourth-order valence-corrected chi connectivity index (χ4v) is 5.01. The van der Waals surface area contributed by atoms with E-state index in [4.69, 9.17) is 21.0 Å². The third-order valence-corrected chi connectivity index (χ3v) is 6.98.